The molecule has 2 nitrogen and oxygen atoms in total. The van der Waals surface area contributed by atoms with E-state index in [1.54, 1.807) is 0 Å². The molecule has 0 heterocycles. The van der Waals surface area contributed by atoms with Crippen molar-refractivity contribution in [2.75, 3.05) is 0 Å². The molecule has 0 aliphatic carbocycles. The van der Waals surface area contributed by atoms with E-state index in [2.05, 4.69) is 6.92 Å². The fraction of sp³-hybridized carbons (Fsp3) is 0.875. The Bertz CT molecular complexity index is 104. The Morgan fingerprint density at radius 3 is 2.27 bits per heavy atom. The summed E-state index contributed by atoms with van der Waals surface area (Å²) in [4.78, 5) is 10.3. The minimum atomic E-state index is -0.893. The Balaban J connectivity index is 0. The number of aliphatic carboxylic acids is 1. The average Bonchev–Trinajstić information content (AvgIpc) is 1.89. The van der Waals surface area contributed by atoms with Crippen LogP contribution in [0.4, 0.5) is 0 Å². The molecular formula is C8H15CaO2+. The van der Waals surface area contributed by atoms with Crippen molar-refractivity contribution >= 4 is 43.7 Å². The van der Waals surface area contributed by atoms with Crippen LogP contribution in [0.2, 0.25) is 0 Å². The third kappa shape index (κ3) is 7.10. The average molecular weight is 183 g/mol. The van der Waals surface area contributed by atoms with E-state index in [1.807, 2.05) is 6.92 Å². The molecule has 3 heteroatoms. The predicted octanol–water partition coefficient (Wildman–Crippen LogP) is 0.572. The number of hydrogen-bond acceptors (Lipinski definition) is 2. The first kappa shape index (κ1) is 14.3. The van der Waals surface area contributed by atoms with E-state index in [9.17, 15) is 9.90 Å². The van der Waals surface area contributed by atoms with Crippen LogP contribution in [0.25, 0.3) is 0 Å². The Morgan fingerprint density at radius 2 is 2.00 bits per heavy atom. The summed E-state index contributed by atoms with van der Waals surface area (Å²) in [7, 11) is 0. The summed E-state index contributed by atoms with van der Waals surface area (Å²) >= 11 is 0. The van der Waals surface area contributed by atoms with Crippen molar-refractivity contribution in [3.8, 4) is 0 Å². The Kier molecular flexibility index (Phi) is 11.4. The second-order valence-electron chi connectivity index (χ2n) is 2.57. The number of carboxylic acids is 1. The Labute approximate surface area is 98.4 Å². The van der Waals surface area contributed by atoms with Crippen molar-refractivity contribution in [3.05, 3.63) is 0 Å². The van der Waals surface area contributed by atoms with Gasteiger partial charge in [0.05, 0.1) is 0 Å². The molecule has 0 aromatic heterocycles. The molecular weight excluding hydrogens is 168 g/mol. The normalized spacial score (nSPS) is 11.8. The summed E-state index contributed by atoms with van der Waals surface area (Å²) in [6, 6.07) is 0. The molecule has 0 radical (unpaired) electrons. The molecule has 0 aromatic carbocycles. The van der Waals surface area contributed by atoms with Crippen LogP contribution in [-0.2, 0) is 4.79 Å². The number of carboxylic acid groups (broad SMARTS) is 1. The third-order valence-corrected chi connectivity index (χ3v) is 1.73. The summed E-state index contributed by atoms with van der Waals surface area (Å²) in [5.74, 6) is -1.11. The van der Waals surface area contributed by atoms with Gasteiger partial charge >= 0.3 is 37.7 Å². The molecule has 0 rings (SSSR count). The maximum atomic E-state index is 10.3. The number of carbonyl (C=O) groups excluding carboxylic acids is 1. The molecule has 11 heavy (non-hydrogen) atoms. The number of carbonyl (C=O) groups is 1. The molecule has 0 fully saturated rings. The second-order valence-corrected chi connectivity index (χ2v) is 2.57. The van der Waals surface area contributed by atoms with Gasteiger partial charge in [0.1, 0.15) is 0 Å². The maximum absolute atomic E-state index is 10.3. The van der Waals surface area contributed by atoms with Gasteiger partial charge in [0.2, 0.25) is 0 Å². The molecule has 0 aliphatic rings. The van der Waals surface area contributed by atoms with Crippen LogP contribution in [0.5, 0.6) is 0 Å². The molecule has 1 atom stereocenters. The molecule has 0 aliphatic heterocycles. The van der Waals surface area contributed by atoms with Crippen LogP contribution in [0.3, 0.4) is 0 Å². The summed E-state index contributed by atoms with van der Waals surface area (Å²) in [5, 5.41) is 10.3. The zero-order valence-electron chi connectivity index (χ0n) is 7.43. The number of rotatable bonds is 5. The van der Waals surface area contributed by atoms with Gasteiger partial charge < -0.3 is 9.90 Å². The topological polar surface area (TPSA) is 40.1 Å². The largest absolute Gasteiger partial charge is 2.00 e. The minimum Gasteiger partial charge on any atom is -0.550 e. The van der Waals surface area contributed by atoms with Crippen LogP contribution in [0, 0.1) is 5.92 Å². The monoisotopic (exact) mass is 183 g/mol. The summed E-state index contributed by atoms with van der Waals surface area (Å²) < 4.78 is 0. The molecule has 0 bridgehead atoms. The second kappa shape index (κ2) is 8.82. The molecule has 0 saturated heterocycles. The molecule has 1 unspecified atom stereocenters. The molecule has 0 amide bonds. The molecule has 0 spiro atoms. The third-order valence-electron chi connectivity index (χ3n) is 1.73. The van der Waals surface area contributed by atoms with E-state index in [-0.39, 0.29) is 43.7 Å². The Morgan fingerprint density at radius 1 is 1.45 bits per heavy atom. The van der Waals surface area contributed by atoms with Gasteiger partial charge in [-0.1, -0.05) is 26.7 Å². The van der Waals surface area contributed by atoms with Gasteiger partial charge in [0.15, 0.2) is 0 Å². The number of unbranched alkanes of at least 4 members (excludes halogenated alkanes) is 1. The van der Waals surface area contributed by atoms with Gasteiger partial charge in [0.25, 0.3) is 0 Å². The first-order valence-corrected chi connectivity index (χ1v) is 3.93. The van der Waals surface area contributed by atoms with Crippen LogP contribution in [0.1, 0.15) is 39.5 Å². The van der Waals surface area contributed by atoms with E-state index in [1.165, 1.54) is 0 Å². The smallest absolute Gasteiger partial charge is 0.550 e. The van der Waals surface area contributed by atoms with Crippen LogP contribution >= 0.6 is 0 Å². The van der Waals surface area contributed by atoms with Crippen molar-refractivity contribution < 1.29 is 9.90 Å². The van der Waals surface area contributed by atoms with Gasteiger partial charge in [-0.15, -0.1) is 0 Å². The summed E-state index contributed by atoms with van der Waals surface area (Å²) in [6.07, 6.45) is 3.52. The van der Waals surface area contributed by atoms with E-state index >= 15 is 0 Å². The Hall–Kier alpha value is 0.730. The van der Waals surface area contributed by atoms with Gasteiger partial charge in [-0.3, -0.25) is 0 Å². The van der Waals surface area contributed by atoms with Crippen molar-refractivity contribution in [2.45, 2.75) is 39.5 Å². The van der Waals surface area contributed by atoms with E-state index in [0.29, 0.717) is 6.42 Å². The zero-order chi connectivity index (χ0) is 7.98. The van der Waals surface area contributed by atoms with Crippen LogP contribution < -0.4 is 5.11 Å². The fourth-order valence-electron chi connectivity index (χ4n) is 0.939. The predicted molar refractivity (Wildman–Crippen MR) is 44.1 cm³/mol. The maximum Gasteiger partial charge on any atom is 2.00 e. The van der Waals surface area contributed by atoms with Crippen molar-refractivity contribution in [1.82, 2.24) is 0 Å². The number of hydrogen-bond donors (Lipinski definition) is 0. The van der Waals surface area contributed by atoms with Gasteiger partial charge in [0, 0.05) is 5.97 Å². The van der Waals surface area contributed by atoms with E-state index in [4.69, 9.17) is 0 Å². The minimum absolute atomic E-state index is 0. The quantitative estimate of drug-likeness (QED) is 0.585. The SMILES string of the molecule is CCCCC(CC)C(=O)[O-].[Ca+2]. The zero-order valence-corrected chi connectivity index (χ0v) is 9.64. The van der Waals surface area contributed by atoms with E-state index < -0.39 is 5.97 Å². The first-order valence-electron chi connectivity index (χ1n) is 3.93. The molecule has 0 aromatic rings. The molecule has 0 saturated carbocycles. The van der Waals surface area contributed by atoms with Gasteiger partial charge in [-0.25, -0.2) is 0 Å². The summed E-state index contributed by atoms with van der Waals surface area (Å²) in [5.41, 5.74) is 0. The molecule has 0 N–H and O–H groups in total. The van der Waals surface area contributed by atoms with E-state index in [0.717, 1.165) is 19.3 Å². The van der Waals surface area contributed by atoms with Gasteiger partial charge in [-0.05, 0) is 18.8 Å². The molecule has 60 valence electrons. The first-order chi connectivity index (χ1) is 4.72. The van der Waals surface area contributed by atoms with Crippen molar-refractivity contribution in [3.63, 3.8) is 0 Å². The van der Waals surface area contributed by atoms with Gasteiger partial charge in [-0.2, -0.15) is 0 Å². The van der Waals surface area contributed by atoms with Crippen molar-refractivity contribution in [1.29, 1.82) is 0 Å². The van der Waals surface area contributed by atoms with Crippen LogP contribution in [0.15, 0.2) is 0 Å². The van der Waals surface area contributed by atoms with Crippen molar-refractivity contribution in [2.24, 2.45) is 5.92 Å². The standard InChI is InChI=1S/C8H16O2.Ca/c1-3-5-6-7(4-2)8(9)10;/h7H,3-6H2,1-2H3,(H,9,10);/q;+2/p-1. The summed E-state index contributed by atoms with van der Waals surface area (Å²) in [6.45, 7) is 3.94. The fourth-order valence-corrected chi connectivity index (χ4v) is 0.939. The van der Waals surface area contributed by atoms with Crippen LogP contribution in [-0.4, -0.2) is 43.7 Å².